The molecule has 5 nitrogen and oxygen atoms in total. The van der Waals surface area contributed by atoms with Crippen LogP contribution in [0.5, 0.6) is 0 Å². The number of carbonyl (C=O) groups excluding carboxylic acids is 1. The van der Waals surface area contributed by atoms with Crippen LogP contribution >= 0.6 is 11.6 Å². The van der Waals surface area contributed by atoms with Gasteiger partial charge in [0.1, 0.15) is 23.9 Å². The summed E-state index contributed by atoms with van der Waals surface area (Å²) in [4.78, 5) is 12.6. The topological polar surface area (TPSA) is 100 Å². The first-order valence-electron chi connectivity index (χ1n) is 7.12. The minimum absolute atomic E-state index is 0.206. The Bertz CT molecular complexity index is 970. The normalized spacial score (nSPS) is 9.24. The van der Waals surface area contributed by atoms with E-state index < -0.39 is 0 Å². The maximum absolute atomic E-state index is 12.6. The van der Waals surface area contributed by atoms with E-state index in [1.54, 1.807) is 36.4 Å². The summed E-state index contributed by atoms with van der Waals surface area (Å²) in [7, 11) is 0. The number of rotatable bonds is 4. The van der Waals surface area contributed by atoms with Crippen LogP contribution in [0.3, 0.4) is 0 Å². The Labute approximate surface area is 150 Å². The van der Waals surface area contributed by atoms with Crippen molar-refractivity contribution in [2.75, 3.05) is 5.32 Å². The van der Waals surface area contributed by atoms with Gasteiger partial charge in [0.25, 0.3) is 0 Å². The average Bonchev–Trinajstić information content (AvgIpc) is 2.63. The number of nitrogens with zero attached hydrogens (tertiary/aromatic N) is 3. The largest absolute Gasteiger partial charge is 0.344 e. The lowest BCUT2D eigenvalue weighted by atomic mass is 10.0. The van der Waals surface area contributed by atoms with Crippen LogP contribution < -0.4 is 5.32 Å². The van der Waals surface area contributed by atoms with Crippen LogP contribution in [0.1, 0.15) is 21.5 Å². The van der Waals surface area contributed by atoms with Gasteiger partial charge in [0, 0.05) is 11.1 Å². The molecule has 6 heteroatoms. The van der Waals surface area contributed by atoms with Crippen LogP contribution in [0.15, 0.2) is 53.7 Å². The monoisotopic (exact) mass is 346 g/mol. The van der Waals surface area contributed by atoms with Crippen molar-refractivity contribution >= 4 is 23.1 Å². The van der Waals surface area contributed by atoms with Gasteiger partial charge in [-0.05, 0) is 25.1 Å². The molecule has 2 aromatic rings. The Kier molecular flexibility index (Phi) is 5.54. The molecular formula is C19H11ClN4O. The third-order valence-electron chi connectivity index (χ3n) is 3.39. The summed E-state index contributed by atoms with van der Waals surface area (Å²) in [6.07, 6.45) is 0. The number of halogens is 1. The summed E-state index contributed by atoms with van der Waals surface area (Å²) < 4.78 is 0. The first kappa shape index (κ1) is 17.8. The number of aryl methyl sites for hydroxylation is 1. The van der Waals surface area contributed by atoms with E-state index in [-0.39, 0.29) is 27.8 Å². The van der Waals surface area contributed by atoms with Crippen LogP contribution in [-0.2, 0) is 0 Å². The Morgan fingerprint density at radius 2 is 1.56 bits per heavy atom. The number of nitriles is 3. The van der Waals surface area contributed by atoms with Gasteiger partial charge in [-0.2, -0.15) is 15.8 Å². The quantitative estimate of drug-likeness (QED) is 0.663. The SMILES string of the molecule is Cc1ccc(C(=O)c2ccc(Cl)c(NC(C#N)=C(C#N)C#N)c2)cc1. The Balaban J connectivity index is 2.42. The summed E-state index contributed by atoms with van der Waals surface area (Å²) in [5, 5.41) is 29.8. The van der Waals surface area contributed by atoms with Crippen molar-refractivity contribution in [2.24, 2.45) is 0 Å². The second-order valence-corrected chi connectivity index (χ2v) is 5.51. The zero-order valence-corrected chi connectivity index (χ0v) is 13.9. The summed E-state index contributed by atoms with van der Waals surface area (Å²) >= 11 is 6.09. The van der Waals surface area contributed by atoms with Gasteiger partial charge >= 0.3 is 0 Å². The molecule has 0 amide bonds. The van der Waals surface area contributed by atoms with Crippen molar-refractivity contribution in [1.82, 2.24) is 0 Å². The zero-order valence-electron chi connectivity index (χ0n) is 13.2. The number of allylic oxidation sites excluding steroid dienone is 2. The van der Waals surface area contributed by atoms with E-state index in [0.29, 0.717) is 11.1 Å². The molecule has 0 bridgehead atoms. The van der Waals surface area contributed by atoms with E-state index in [4.69, 9.17) is 27.4 Å². The van der Waals surface area contributed by atoms with Crippen molar-refractivity contribution in [3.05, 3.63) is 75.4 Å². The van der Waals surface area contributed by atoms with Gasteiger partial charge in [-0.3, -0.25) is 4.79 Å². The van der Waals surface area contributed by atoms with E-state index in [9.17, 15) is 4.79 Å². The molecule has 1 N–H and O–H groups in total. The third-order valence-corrected chi connectivity index (χ3v) is 3.72. The minimum atomic E-state index is -0.367. The molecule has 0 spiro atoms. The standard InChI is InChI=1S/C19H11ClN4O/c1-12-2-4-13(5-3-12)19(25)14-6-7-16(20)17(8-14)24-18(11-23)15(9-21)10-22/h2-8,24H,1H3. The predicted molar refractivity (Wildman–Crippen MR) is 93.6 cm³/mol. The molecule has 0 fully saturated rings. The van der Waals surface area contributed by atoms with Crippen molar-refractivity contribution in [2.45, 2.75) is 6.92 Å². The lowest BCUT2D eigenvalue weighted by Gasteiger charge is -2.09. The highest BCUT2D eigenvalue weighted by Crippen LogP contribution is 2.26. The first-order chi connectivity index (χ1) is 12.0. The van der Waals surface area contributed by atoms with Crippen LogP contribution in [0.2, 0.25) is 5.02 Å². The summed E-state index contributed by atoms with van der Waals surface area (Å²) in [5.41, 5.74) is 1.59. The molecule has 0 atom stereocenters. The fourth-order valence-electron chi connectivity index (χ4n) is 2.05. The molecule has 0 unspecified atom stereocenters. The number of hydrogen-bond donors (Lipinski definition) is 1. The van der Waals surface area contributed by atoms with E-state index in [2.05, 4.69) is 5.32 Å². The maximum Gasteiger partial charge on any atom is 0.193 e. The number of hydrogen-bond acceptors (Lipinski definition) is 5. The Morgan fingerprint density at radius 1 is 0.960 bits per heavy atom. The summed E-state index contributed by atoms with van der Waals surface area (Å²) in [5.74, 6) is -0.206. The zero-order chi connectivity index (χ0) is 18.4. The summed E-state index contributed by atoms with van der Waals surface area (Å²) in [6.45, 7) is 1.93. The number of ketones is 1. The number of anilines is 1. The lowest BCUT2D eigenvalue weighted by Crippen LogP contribution is -2.05. The van der Waals surface area contributed by atoms with E-state index in [0.717, 1.165) is 5.56 Å². The molecule has 2 rings (SSSR count). The fourth-order valence-corrected chi connectivity index (χ4v) is 2.22. The highest BCUT2D eigenvalue weighted by Gasteiger charge is 2.13. The molecule has 120 valence electrons. The van der Waals surface area contributed by atoms with Gasteiger partial charge in [-0.25, -0.2) is 0 Å². The van der Waals surface area contributed by atoms with E-state index >= 15 is 0 Å². The molecule has 0 aliphatic heterocycles. The van der Waals surface area contributed by atoms with Gasteiger partial charge in [0.15, 0.2) is 11.4 Å². The molecule has 0 aliphatic carbocycles. The van der Waals surface area contributed by atoms with Crippen molar-refractivity contribution < 1.29 is 4.79 Å². The van der Waals surface area contributed by atoms with E-state index in [1.807, 2.05) is 19.1 Å². The van der Waals surface area contributed by atoms with Crippen molar-refractivity contribution in [1.29, 1.82) is 15.8 Å². The second kappa shape index (κ2) is 7.79. The maximum atomic E-state index is 12.6. The molecule has 0 radical (unpaired) electrons. The number of carbonyl (C=O) groups is 1. The highest BCUT2D eigenvalue weighted by atomic mass is 35.5. The average molecular weight is 347 g/mol. The number of benzene rings is 2. The van der Waals surface area contributed by atoms with Gasteiger partial charge in [0.05, 0.1) is 10.7 Å². The fraction of sp³-hybridized carbons (Fsp3) is 0.0526. The molecule has 2 aromatic carbocycles. The molecule has 25 heavy (non-hydrogen) atoms. The lowest BCUT2D eigenvalue weighted by molar-refractivity contribution is 0.103. The Hall–Kier alpha value is -3.59. The molecule has 0 saturated carbocycles. The highest BCUT2D eigenvalue weighted by molar-refractivity contribution is 6.33. The van der Waals surface area contributed by atoms with Gasteiger partial charge in [-0.1, -0.05) is 41.4 Å². The number of nitrogens with one attached hydrogen (secondary N) is 1. The molecule has 0 heterocycles. The minimum Gasteiger partial charge on any atom is -0.344 e. The van der Waals surface area contributed by atoms with Crippen LogP contribution in [0.4, 0.5) is 5.69 Å². The van der Waals surface area contributed by atoms with Crippen LogP contribution in [0.25, 0.3) is 0 Å². The van der Waals surface area contributed by atoms with Crippen LogP contribution in [-0.4, -0.2) is 5.78 Å². The summed E-state index contributed by atoms with van der Waals surface area (Å²) in [6, 6.07) is 16.7. The first-order valence-corrected chi connectivity index (χ1v) is 7.50. The van der Waals surface area contributed by atoms with Crippen molar-refractivity contribution in [3.8, 4) is 18.2 Å². The Morgan fingerprint density at radius 3 is 2.12 bits per heavy atom. The van der Waals surface area contributed by atoms with E-state index in [1.165, 1.54) is 12.1 Å². The van der Waals surface area contributed by atoms with Gasteiger partial charge in [-0.15, -0.1) is 0 Å². The molecule has 0 aromatic heterocycles. The third kappa shape index (κ3) is 4.03. The smallest absolute Gasteiger partial charge is 0.193 e. The molecule has 0 saturated heterocycles. The molecule has 0 aliphatic rings. The van der Waals surface area contributed by atoms with Gasteiger partial charge < -0.3 is 5.32 Å². The van der Waals surface area contributed by atoms with Crippen molar-refractivity contribution in [3.63, 3.8) is 0 Å². The predicted octanol–water partition coefficient (Wildman–Crippen LogP) is 4.12. The van der Waals surface area contributed by atoms with Gasteiger partial charge in [0.2, 0.25) is 0 Å². The van der Waals surface area contributed by atoms with Crippen LogP contribution in [0, 0.1) is 40.9 Å². The second-order valence-electron chi connectivity index (χ2n) is 5.10. The molecular weight excluding hydrogens is 336 g/mol.